The molecule has 0 bridgehead atoms. The molecule has 0 aliphatic carbocycles. The lowest BCUT2D eigenvalue weighted by atomic mass is 10.1. The van der Waals surface area contributed by atoms with Crippen LogP contribution in [0.1, 0.15) is 40.5 Å². The lowest BCUT2D eigenvalue weighted by Crippen LogP contribution is -2.14. The number of esters is 1. The van der Waals surface area contributed by atoms with Gasteiger partial charge in [-0.2, -0.15) is 0 Å². The second kappa shape index (κ2) is 10.7. The first kappa shape index (κ1) is 20.9. The average Bonchev–Trinajstić information content (AvgIpc) is 2.71. The molecule has 0 saturated carbocycles. The Morgan fingerprint density at radius 3 is 2.25 bits per heavy atom. The van der Waals surface area contributed by atoms with Crippen molar-refractivity contribution in [2.24, 2.45) is 0 Å². The van der Waals surface area contributed by atoms with Gasteiger partial charge in [-0.05, 0) is 55.0 Å². The number of carbonyl (C=O) groups excluding carboxylic acids is 3. The zero-order valence-electron chi connectivity index (χ0n) is 15.8. The smallest absolute Gasteiger partial charge is 0.338 e. The zero-order chi connectivity index (χ0) is 20.4. The molecule has 1 amide bonds. The Hall–Kier alpha value is -3.41. The fourth-order valence-corrected chi connectivity index (χ4v) is 2.33. The highest BCUT2D eigenvalue weighted by Gasteiger charge is 2.12. The van der Waals surface area contributed by atoms with Crippen LogP contribution in [0.25, 0.3) is 0 Å². The molecule has 6 nitrogen and oxygen atoms in total. The molecule has 146 valence electrons. The molecule has 2 rings (SSSR count). The number of hydrogen-bond donors (Lipinski definition) is 1. The van der Waals surface area contributed by atoms with Crippen molar-refractivity contribution >= 4 is 23.3 Å². The number of nitrogens with one attached hydrogen (secondary N) is 1. The number of carbonyl (C=O) groups is 3. The summed E-state index contributed by atoms with van der Waals surface area (Å²) in [6.45, 7) is 5.50. The molecule has 0 atom stereocenters. The Labute approximate surface area is 164 Å². The Morgan fingerprint density at radius 1 is 1.00 bits per heavy atom. The third kappa shape index (κ3) is 6.39. The molecule has 0 heterocycles. The van der Waals surface area contributed by atoms with Gasteiger partial charge in [-0.15, -0.1) is 0 Å². The maximum Gasteiger partial charge on any atom is 0.338 e. The standard InChI is InChI=1S/C22H23NO5/c1-3-5-21(25)23-18-10-6-16(7-11-18)20(24)15-28-22(26)17-8-12-19(13-9-17)27-14-4-2/h4,6-13H,2-3,5,14-15H2,1H3,(H,23,25). The minimum atomic E-state index is -0.591. The molecule has 2 aromatic rings. The van der Waals surface area contributed by atoms with Gasteiger partial charge in [0.1, 0.15) is 12.4 Å². The van der Waals surface area contributed by atoms with Crippen LogP contribution in [0.2, 0.25) is 0 Å². The third-order valence-electron chi connectivity index (χ3n) is 3.76. The molecule has 2 aromatic carbocycles. The van der Waals surface area contributed by atoms with Crippen molar-refractivity contribution in [1.82, 2.24) is 0 Å². The van der Waals surface area contributed by atoms with Crippen LogP contribution in [-0.4, -0.2) is 30.9 Å². The van der Waals surface area contributed by atoms with Crippen molar-refractivity contribution < 1.29 is 23.9 Å². The zero-order valence-corrected chi connectivity index (χ0v) is 15.8. The molecule has 0 saturated heterocycles. The molecule has 0 aromatic heterocycles. The van der Waals surface area contributed by atoms with Crippen molar-refractivity contribution in [3.05, 3.63) is 72.3 Å². The summed E-state index contributed by atoms with van der Waals surface area (Å²) < 4.78 is 10.4. The average molecular weight is 381 g/mol. The Bertz CT molecular complexity index is 825. The fourth-order valence-electron chi connectivity index (χ4n) is 2.33. The molecule has 0 spiro atoms. The lowest BCUT2D eigenvalue weighted by molar-refractivity contribution is -0.116. The van der Waals surface area contributed by atoms with Crippen LogP contribution in [0, 0.1) is 0 Å². The summed E-state index contributed by atoms with van der Waals surface area (Å²) in [5.41, 5.74) is 1.34. The first-order chi connectivity index (χ1) is 13.5. The monoisotopic (exact) mass is 381 g/mol. The highest BCUT2D eigenvalue weighted by Crippen LogP contribution is 2.14. The van der Waals surface area contributed by atoms with E-state index >= 15 is 0 Å². The van der Waals surface area contributed by atoms with Crippen molar-refractivity contribution in [2.75, 3.05) is 18.5 Å². The van der Waals surface area contributed by atoms with Crippen molar-refractivity contribution in [2.45, 2.75) is 19.8 Å². The number of anilines is 1. The summed E-state index contributed by atoms with van der Waals surface area (Å²) >= 11 is 0. The van der Waals surface area contributed by atoms with Crippen molar-refractivity contribution in [3.8, 4) is 5.75 Å². The normalized spacial score (nSPS) is 10.0. The first-order valence-corrected chi connectivity index (χ1v) is 8.97. The van der Waals surface area contributed by atoms with Crippen LogP contribution < -0.4 is 10.1 Å². The minimum absolute atomic E-state index is 0.0728. The molecule has 0 aliphatic heterocycles. The van der Waals surface area contributed by atoms with E-state index in [0.29, 0.717) is 35.6 Å². The molecule has 28 heavy (non-hydrogen) atoms. The highest BCUT2D eigenvalue weighted by atomic mass is 16.5. The number of Topliss-reactive ketones (excluding diaryl/α,β-unsaturated/α-hetero) is 1. The predicted octanol–water partition coefficient (Wildman–Crippen LogP) is 4.03. The van der Waals surface area contributed by atoms with Gasteiger partial charge in [-0.25, -0.2) is 4.79 Å². The number of ether oxygens (including phenoxy) is 2. The largest absolute Gasteiger partial charge is 0.490 e. The van der Waals surface area contributed by atoms with Gasteiger partial charge in [0.15, 0.2) is 12.4 Å². The fraction of sp³-hybridized carbons (Fsp3) is 0.227. The molecule has 0 unspecified atom stereocenters. The van der Waals surface area contributed by atoms with E-state index in [1.165, 1.54) is 0 Å². The van der Waals surface area contributed by atoms with Crippen molar-refractivity contribution in [3.63, 3.8) is 0 Å². The van der Waals surface area contributed by atoms with Gasteiger partial charge in [0.25, 0.3) is 0 Å². The topological polar surface area (TPSA) is 81.7 Å². The number of ketones is 1. The van der Waals surface area contributed by atoms with Crippen LogP contribution in [0.15, 0.2) is 61.2 Å². The summed E-state index contributed by atoms with van der Waals surface area (Å²) in [6, 6.07) is 12.9. The molecule has 6 heteroatoms. The Balaban J connectivity index is 1.86. The number of amides is 1. The van der Waals surface area contributed by atoms with E-state index in [4.69, 9.17) is 9.47 Å². The Morgan fingerprint density at radius 2 is 1.64 bits per heavy atom. The number of benzene rings is 2. The maximum absolute atomic E-state index is 12.2. The molecule has 1 N–H and O–H groups in total. The molecular formula is C22H23NO5. The molecule has 0 radical (unpaired) electrons. The van der Waals surface area contributed by atoms with Crippen molar-refractivity contribution in [1.29, 1.82) is 0 Å². The lowest BCUT2D eigenvalue weighted by Gasteiger charge is -2.07. The van der Waals surface area contributed by atoms with E-state index in [1.54, 1.807) is 54.6 Å². The second-order valence-electron chi connectivity index (χ2n) is 6.00. The van der Waals surface area contributed by atoms with Gasteiger partial charge in [-0.3, -0.25) is 9.59 Å². The molecule has 0 fully saturated rings. The van der Waals surface area contributed by atoms with Gasteiger partial charge in [0.05, 0.1) is 5.56 Å². The van der Waals surface area contributed by atoms with Gasteiger partial charge >= 0.3 is 5.97 Å². The number of hydrogen-bond acceptors (Lipinski definition) is 5. The van der Waals surface area contributed by atoms with E-state index < -0.39 is 5.97 Å². The molecular weight excluding hydrogens is 358 g/mol. The van der Waals surface area contributed by atoms with E-state index in [2.05, 4.69) is 11.9 Å². The summed E-state index contributed by atoms with van der Waals surface area (Å²) in [5, 5.41) is 2.75. The van der Waals surface area contributed by atoms with Crippen LogP contribution in [0.4, 0.5) is 5.69 Å². The number of rotatable bonds is 10. The second-order valence-corrected chi connectivity index (χ2v) is 6.00. The Kier molecular flexibility index (Phi) is 7.96. The van der Waals surface area contributed by atoms with E-state index in [0.717, 1.165) is 6.42 Å². The van der Waals surface area contributed by atoms with E-state index in [-0.39, 0.29) is 18.3 Å². The summed E-state index contributed by atoms with van der Waals surface area (Å²) in [4.78, 5) is 35.8. The summed E-state index contributed by atoms with van der Waals surface area (Å²) in [6.07, 6.45) is 2.83. The highest BCUT2D eigenvalue weighted by molar-refractivity contribution is 6.00. The minimum Gasteiger partial charge on any atom is -0.490 e. The first-order valence-electron chi connectivity index (χ1n) is 8.97. The van der Waals surface area contributed by atoms with E-state index in [1.807, 2.05) is 6.92 Å². The SMILES string of the molecule is C=CCOc1ccc(C(=O)OCC(=O)c2ccc(NC(=O)CCC)cc2)cc1. The van der Waals surface area contributed by atoms with Crippen LogP contribution >= 0.6 is 0 Å². The summed E-state index contributed by atoms with van der Waals surface area (Å²) in [7, 11) is 0. The van der Waals surface area contributed by atoms with Crippen LogP contribution in [0.5, 0.6) is 5.75 Å². The van der Waals surface area contributed by atoms with Gasteiger partial charge in [-0.1, -0.05) is 19.6 Å². The van der Waals surface area contributed by atoms with Gasteiger partial charge in [0, 0.05) is 17.7 Å². The third-order valence-corrected chi connectivity index (χ3v) is 3.76. The van der Waals surface area contributed by atoms with Gasteiger partial charge in [0.2, 0.25) is 5.91 Å². The van der Waals surface area contributed by atoms with Gasteiger partial charge < -0.3 is 14.8 Å². The quantitative estimate of drug-likeness (QED) is 0.382. The summed E-state index contributed by atoms with van der Waals surface area (Å²) in [5.74, 6) is -0.382. The van der Waals surface area contributed by atoms with E-state index in [9.17, 15) is 14.4 Å². The van der Waals surface area contributed by atoms with Crippen LogP contribution in [-0.2, 0) is 9.53 Å². The predicted molar refractivity (Wildman–Crippen MR) is 107 cm³/mol. The maximum atomic E-state index is 12.2. The van der Waals surface area contributed by atoms with Crippen LogP contribution in [0.3, 0.4) is 0 Å². The molecule has 0 aliphatic rings.